The molecule has 90 valence electrons. The fourth-order valence-electron chi connectivity index (χ4n) is 1.25. The van der Waals surface area contributed by atoms with Crippen LogP contribution >= 0.6 is 0 Å². The fourth-order valence-corrected chi connectivity index (χ4v) is 1.25. The zero-order chi connectivity index (χ0) is 12.1. The molecule has 1 aromatic rings. The minimum Gasteiger partial charge on any atom is -0.490 e. The third kappa shape index (κ3) is 3.44. The van der Waals surface area contributed by atoms with E-state index in [0.29, 0.717) is 11.3 Å². The maximum Gasteiger partial charge on any atom is 0.127 e. The van der Waals surface area contributed by atoms with Crippen molar-refractivity contribution in [1.29, 1.82) is 0 Å². The zero-order valence-electron chi connectivity index (χ0n) is 9.06. The summed E-state index contributed by atoms with van der Waals surface area (Å²) in [4.78, 5) is 0. The highest BCUT2D eigenvalue weighted by atomic mass is 19.1. The molecule has 0 aliphatic carbocycles. The Balaban J connectivity index is 2.80. The first-order chi connectivity index (χ1) is 7.54. The van der Waals surface area contributed by atoms with Crippen LogP contribution in [0.3, 0.4) is 0 Å². The quantitative estimate of drug-likeness (QED) is 0.690. The van der Waals surface area contributed by atoms with Crippen molar-refractivity contribution in [3.8, 4) is 5.75 Å². The van der Waals surface area contributed by atoms with Gasteiger partial charge in [-0.2, -0.15) is 0 Å². The first-order valence-electron chi connectivity index (χ1n) is 5.01. The van der Waals surface area contributed by atoms with Crippen LogP contribution in [0.2, 0.25) is 0 Å². The molecule has 1 aromatic carbocycles. The SMILES string of the molecule is CC(N)c1ccc(F)cc1OCC(O)CO. The zero-order valence-corrected chi connectivity index (χ0v) is 9.06. The fraction of sp³-hybridized carbons (Fsp3) is 0.455. The number of benzene rings is 1. The number of nitrogens with two attached hydrogens (primary N) is 1. The molecule has 0 bridgehead atoms. The average Bonchev–Trinajstić information content (AvgIpc) is 2.25. The van der Waals surface area contributed by atoms with Crippen molar-refractivity contribution < 1.29 is 19.3 Å². The van der Waals surface area contributed by atoms with Gasteiger partial charge in [0.05, 0.1) is 6.61 Å². The van der Waals surface area contributed by atoms with E-state index >= 15 is 0 Å². The van der Waals surface area contributed by atoms with Gasteiger partial charge >= 0.3 is 0 Å². The van der Waals surface area contributed by atoms with Gasteiger partial charge in [0.1, 0.15) is 24.3 Å². The number of aliphatic hydroxyl groups excluding tert-OH is 2. The Bertz CT molecular complexity index is 344. The van der Waals surface area contributed by atoms with Gasteiger partial charge in [-0.25, -0.2) is 4.39 Å². The molecule has 2 atom stereocenters. The van der Waals surface area contributed by atoms with E-state index in [0.717, 1.165) is 0 Å². The summed E-state index contributed by atoms with van der Waals surface area (Å²) >= 11 is 0. The van der Waals surface area contributed by atoms with Crippen molar-refractivity contribution >= 4 is 0 Å². The van der Waals surface area contributed by atoms with E-state index in [1.165, 1.54) is 12.1 Å². The van der Waals surface area contributed by atoms with Gasteiger partial charge in [-0.3, -0.25) is 0 Å². The van der Waals surface area contributed by atoms with Crippen LogP contribution in [0, 0.1) is 5.82 Å². The van der Waals surface area contributed by atoms with Crippen LogP contribution in [0.25, 0.3) is 0 Å². The predicted octanol–water partition coefficient (Wildman–Crippen LogP) is 0.577. The molecule has 0 aliphatic heterocycles. The second kappa shape index (κ2) is 5.79. The van der Waals surface area contributed by atoms with E-state index in [2.05, 4.69) is 0 Å². The third-order valence-electron chi connectivity index (χ3n) is 2.11. The summed E-state index contributed by atoms with van der Waals surface area (Å²) in [5.74, 6) is -0.139. The lowest BCUT2D eigenvalue weighted by Crippen LogP contribution is -2.22. The first-order valence-corrected chi connectivity index (χ1v) is 5.01. The Morgan fingerprint density at radius 3 is 2.75 bits per heavy atom. The van der Waals surface area contributed by atoms with E-state index in [1.807, 2.05) is 0 Å². The number of hydrogen-bond donors (Lipinski definition) is 3. The molecule has 5 heteroatoms. The average molecular weight is 229 g/mol. The smallest absolute Gasteiger partial charge is 0.127 e. The number of hydrogen-bond acceptors (Lipinski definition) is 4. The molecule has 0 amide bonds. The number of aliphatic hydroxyl groups is 2. The minimum absolute atomic E-state index is 0.0975. The minimum atomic E-state index is -0.982. The van der Waals surface area contributed by atoms with Gasteiger partial charge in [0.25, 0.3) is 0 Å². The molecule has 0 spiro atoms. The Morgan fingerprint density at radius 2 is 2.19 bits per heavy atom. The maximum atomic E-state index is 13.0. The molecule has 0 saturated heterocycles. The molecule has 0 saturated carbocycles. The summed E-state index contributed by atoms with van der Waals surface area (Å²) in [6, 6.07) is 3.76. The highest BCUT2D eigenvalue weighted by Gasteiger charge is 2.11. The highest BCUT2D eigenvalue weighted by molar-refractivity contribution is 5.36. The Hall–Kier alpha value is -1.17. The summed E-state index contributed by atoms with van der Waals surface area (Å²) < 4.78 is 18.2. The van der Waals surface area contributed by atoms with Gasteiger partial charge in [-0.15, -0.1) is 0 Å². The van der Waals surface area contributed by atoms with Crippen LogP contribution in [0.5, 0.6) is 5.75 Å². The van der Waals surface area contributed by atoms with Crippen molar-refractivity contribution in [1.82, 2.24) is 0 Å². The van der Waals surface area contributed by atoms with Crippen LogP contribution in [0.15, 0.2) is 18.2 Å². The van der Waals surface area contributed by atoms with Gasteiger partial charge in [-0.05, 0) is 13.0 Å². The summed E-state index contributed by atoms with van der Waals surface area (Å²) in [6.45, 7) is 1.26. The van der Waals surface area contributed by atoms with Gasteiger partial charge in [0.2, 0.25) is 0 Å². The van der Waals surface area contributed by atoms with Crippen LogP contribution in [-0.4, -0.2) is 29.5 Å². The van der Waals surface area contributed by atoms with E-state index in [-0.39, 0.29) is 12.6 Å². The van der Waals surface area contributed by atoms with E-state index in [4.69, 9.17) is 20.7 Å². The lowest BCUT2D eigenvalue weighted by molar-refractivity contribution is 0.0531. The number of ether oxygens (including phenoxy) is 1. The molecule has 0 aromatic heterocycles. The molecular weight excluding hydrogens is 213 g/mol. The Labute approximate surface area is 93.5 Å². The molecule has 0 radical (unpaired) electrons. The van der Waals surface area contributed by atoms with Crippen LogP contribution < -0.4 is 10.5 Å². The summed E-state index contributed by atoms with van der Waals surface area (Å²) in [7, 11) is 0. The topological polar surface area (TPSA) is 75.7 Å². The lowest BCUT2D eigenvalue weighted by atomic mass is 10.1. The Morgan fingerprint density at radius 1 is 1.50 bits per heavy atom. The normalized spacial score (nSPS) is 14.6. The van der Waals surface area contributed by atoms with Crippen molar-refractivity contribution in [3.05, 3.63) is 29.6 Å². The summed E-state index contributed by atoms with van der Waals surface area (Å²) in [5, 5.41) is 17.7. The lowest BCUT2D eigenvalue weighted by Gasteiger charge is -2.15. The van der Waals surface area contributed by atoms with Crippen LogP contribution in [0.1, 0.15) is 18.5 Å². The van der Waals surface area contributed by atoms with Crippen molar-refractivity contribution in [2.45, 2.75) is 19.1 Å². The molecule has 0 fully saturated rings. The van der Waals surface area contributed by atoms with Crippen molar-refractivity contribution in [2.24, 2.45) is 5.73 Å². The summed E-state index contributed by atoms with van der Waals surface area (Å²) in [5.41, 5.74) is 6.35. The predicted molar refractivity (Wildman–Crippen MR) is 57.6 cm³/mol. The third-order valence-corrected chi connectivity index (χ3v) is 2.11. The molecule has 1 rings (SSSR count). The van der Waals surface area contributed by atoms with Crippen LogP contribution in [-0.2, 0) is 0 Å². The van der Waals surface area contributed by atoms with E-state index in [9.17, 15) is 4.39 Å². The van der Waals surface area contributed by atoms with E-state index in [1.54, 1.807) is 13.0 Å². The van der Waals surface area contributed by atoms with E-state index < -0.39 is 18.5 Å². The summed E-state index contributed by atoms with van der Waals surface area (Å²) in [6.07, 6.45) is -0.982. The monoisotopic (exact) mass is 229 g/mol. The molecule has 4 nitrogen and oxygen atoms in total. The van der Waals surface area contributed by atoms with Crippen molar-refractivity contribution in [3.63, 3.8) is 0 Å². The van der Waals surface area contributed by atoms with Gasteiger partial charge < -0.3 is 20.7 Å². The van der Waals surface area contributed by atoms with Crippen LogP contribution in [0.4, 0.5) is 4.39 Å². The highest BCUT2D eigenvalue weighted by Crippen LogP contribution is 2.24. The molecule has 16 heavy (non-hydrogen) atoms. The van der Waals surface area contributed by atoms with Gasteiger partial charge in [-0.1, -0.05) is 6.07 Å². The Kier molecular flexibility index (Phi) is 4.67. The molecule has 0 heterocycles. The molecule has 4 N–H and O–H groups in total. The molecule has 0 aliphatic rings. The second-order valence-electron chi connectivity index (χ2n) is 3.62. The standard InChI is InChI=1S/C11H16FNO3/c1-7(13)10-3-2-8(12)4-11(10)16-6-9(15)5-14/h2-4,7,9,14-15H,5-6,13H2,1H3. The molecular formula is C11H16FNO3. The largest absolute Gasteiger partial charge is 0.490 e. The molecule has 2 unspecified atom stereocenters. The van der Waals surface area contributed by atoms with Gasteiger partial charge in [0.15, 0.2) is 0 Å². The van der Waals surface area contributed by atoms with Gasteiger partial charge in [0, 0.05) is 17.7 Å². The number of halogens is 1. The second-order valence-corrected chi connectivity index (χ2v) is 3.62. The maximum absolute atomic E-state index is 13.0. The first kappa shape index (κ1) is 12.9. The van der Waals surface area contributed by atoms with Crippen molar-refractivity contribution in [2.75, 3.05) is 13.2 Å². The number of rotatable bonds is 5.